The molecule has 0 spiro atoms. The van der Waals surface area contributed by atoms with Crippen molar-refractivity contribution < 1.29 is 9.18 Å². The van der Waals surface area contributed by atoms with Crippen LogP contribution in [0.15, 0.2) is 28.9 Å². The molecule has 0 aliphatic rings. The number of carbonyl (C=O) groups is 1. The lowest BCUT2D eigenvalue weighted by Crippen LogP contribution is -2.12. The SMILES string of the molecule is Nc1cc(NC(=O)CCSc2ncns2)ccc1F. The van der Waals surface area contributed by atoms with E-state index in [0.717, 1.165) is 4.34 Å². The number of halogens is 1. The third-order valence-electron chi connectivity index (χ3n) is 2.18. The summed E-state index contributed by atoms with van der Waals surface area (Å²) in [5.74, 6) is -0.0367. The molecule has 1 amide bonds. The molecule has 0 bridgehead atoms. The number of aromatic nitrogens is 2. The Balaban J connectivity index is 1.79. The molecular formula is C11H11FN4OS2. The normalized spacial score (nSPS) is 10.4. The number of rotatable bonds is 5. The Bertz CT molecular complexity index is 562. The standard InChI is InChI=1S/C11H11FN4OS2/c12-8-2-1-7(5-9(8)13)16-10(17)3-4-18-11-14-6-15-19-11/h1-2,5-6H,3-4,13H2,(H,16,17). The number of nitrogen functional groups attached to an aromatic ring is 1. The van der Waals surface area contributed by atoms with Crippen LogP contribution in [0.25, 0.3) is 0 Å². The highest BCUT2D eigenvalue weighted by Crippen LogP contribution is 2.20. The van der Waals surface area contributed by atoms with E-state index in [1.165, 1.54) is 47.8 Å². The summed E-state index contributed by atoms with van der Waals surface area (Å²) >= 11 is 2.77. The average Bonchev–Trinajstić information content (AvgIpc) is 2.87. The monoisotopic (exact) mass is 298 g/mol. The van der Waals surface area contributed by atoms with Gasteiger partial charge in [-0.3, -0.25) is 4.79 Å². The van der Waals surface area contributed by atoms with E-state index < -0.39 is 5.82 Å². The minimum Gasteiger partial charge on any atom is -0.396 e. The number of hydrogen-bond acceptors (Lipinski definition) is 6. The summed E-state index contributed by atoms with van der Waals surface area (Å²) in [6, 6.07) is 4.09. The van der Waals surface area contributed by atoms with E-state index in [-0.39, 0.29) is 11.6 Å². The summed E-state index contributed by atoms with van der Waals surface area (Å²) in [7, 11) is 0. The maximum atomic E-state index is 12.9. The van der Waals surface area contributed by atoms with Crippen molar-refractivity contribution in [2.45, 2.75) is 10.8 Å². The summed E-state index contributed by atoms with van der Waals surface area (Å²) in [5, 5.41) is 2.66. The number of benzene rings is 1. The third kappa shape index (κ3) is 4.18. The predicted octanol–water partition coefficient (Wildman–Crippen LogP) is 2.38. The van der Waals surface area contributed by atoms with E-state index in [9.17, 15) is 9.18 Å². The van der Waals surface area contributed by atoms with Crippen LogP contribution in [0.5, 0.6) is 0 Å². The van der Waals surface area contributed by atoms with Gasteiger partial charge in [0.2, 0.25) is 5.91 Å². The Morgan fingerprint density at radius 3 is 3.05 bits per heavy atom. The Hall–Kier alpha value is -1.67. The van der Waals surface area contributed by atoms with E-state index in [4.69, 9.17) is 5.73 Å². The van der Waals surface area contributed by atoms with Crippen LogP contribution in [0, 0.1) is 5.82 Å². The Kier molecular flexibility index (Phi) is 4.69. The number of nitrogens with one attached hydrogen (secondary N) is 1. The highest BCUT2D eigenvalue weighted by atomic mass is 32.2. The van der Waals surface area contributed by atoms with Crippen LogP contribution in [-0.2, 0) is 4.79 Å². The van der Waals surface area contributed by atoms with Crippen LogP contribution >= 0.6 is 23.3 Å². The van der Waals surface area contributed by atoms with Crippen molar-refractivity contribution in [2.24, 2.45) is 0 Å². The quantitative estimate of drug-likeness (QED) is 0.654. The summed E-state index contributed by atoms with van der Waals surface area (Å²) < 4.78 is 17.6. The molecule has 1 aromatic heterocycles. The third-order valence-corrected chi connectivity index (χ3v) is 3.97. The number of anilines is 2. The molecule has 8 heteroatoms. The number of thioether (sulfide) groups is 1. The van der Waals surface area contributed by atoms with Crippen molar-refractivity contribution in [3.8, 4) is 0 Å². The zero-order valence-corrected chi connectivity index (χ0v) is 11.4. The van der Waals surface area contributed by atoms with E-state index in [2.05, 4.69) is 14.7 Å². The van der Waals surface area contributed by atoms with Crippen molar-refractivity contribution in [1.82, 2.24) is 9.36 Å². The molecule has 19 heavy (non-hydrogen) atoms. The predicted molar refractivity (Wildman–Crippen MR) is 74.7 cm³/mol. The molecule has 0 saturated carbocycles. The zero-order chi connectivity index (χ0) is 13.7. The molecule has 0 atom stereocenters. The lowest BCUT2D eigenvalue weighted by atomic mass is 10.2. The van der Waals surface area contributed by atoms with Crippen LogP contribution in [0.3, 0.4) is 0 Å². The number of hydrogen-bond donors (Lipinski definition) is 2. The van der Waals surface area contributed by atoms with Gasteiger partial charge in [0, 0.05) is 17.9 Å². The molecule has 0 aliphatic heterocycles. The first kappa shape index (κ1) is 13.8. The topological polar surface area (TPSA) is 80.9 Å². The van der Waals surface area contributed by atoms with Gasteiger partial charge in [-0.15, -0.1) is 0 Å². The molecule has 3 N–H and O–H groups in total. The van der Waals surface area contributed by atoms with Crippen LogP contribution < -0.4 is 11.1 Å². The Labute approximate surface area is 117 Å². The van der Waals surface area contributed by atoms with Gasteiger partial charge < -0.3 is 11.1 Å². The lowest BCUT2D eigenvalue weighted by molar-refractivity contribution is -0.115. The smallest absolute Gasteiger partial charge is 0.225 e. The van der Waals surface area contributed by atoms with Gasteiger partial charge in [-0.25, -0.2) is 9.37 Å². The van der Waals surface area contributed by atoms with Crippen molar-refractivity contribution in [2.75, 3.05) is 16.8 Å². The second kappa shape index (κ2) is 6.48. The molecule has 1 aromatic carbocycles. The maximum Gasteiger partial charge on any atom is 0.225 e. The molecule has 0 radical (unpaired) electrons. The molecule has 2 aromatic rings. The highest BCUT2D eigenvalue weighted by molar-refractivity contribution is 8.00. The van der Waals surface area contributed by atoms with Gasteiger partial charge in [0.25, 0.3) is 0 Å². The summed E-state index contributed by atoms with van der Waals surface area (Å²) in [4.78, 5) is 15.6. The van der Waals surface area contributed by atoms with Crippen molar-refractivity contribution in [3.05, 3.63) is 30.3 Å². The number of carbonyl (C=O) groups excluding carboxylic acids is 1. The summed E-state index contributed by atoms with van der Waals surface area (Å²) in [6.45, 7) is 0. The number of nitrogens with two attached hydrogens (primary N) is 1. The minimum atomic E-state index is -0.496. The molecule has 0 fully saturated rings. The molecule has 100 valence electrons. The molecule has 0 unspecified atom stereocenters. The van der Waals surface area contributed by atoms with E-state index in [0.29, 0.717) is 17.9 Å². The molecular weight excluding hydrogens is 287 g/mol. The van der Waals surface area contributed by atoms with Crippen LogP contribution in [-0.4, -0.2) is 21.0 Å². The molecule has 1 heterocycles. The van der Waals surface area contributed by atoms with Gasteiger partial charge >= 0.3 is 0 Å². The van der Waals surface area contributed by atoms with Crippen molar-refractivity contribution in [3.63, 3.8) is 0 Å². The van der Waals surface area contributed by atoms with Crippen molar-refractivity contribution >= 4 is 40.6 Å². The van der Waals surface area contributed by atoms with Gasteiger partial charge in [0.1, 0.15) is 12.1 Å². The second-order valence-corrected chi connectivity index (χ2v) is 5.71. The minimum absolute atomic E-state index is 0.0148. The first-order valence-electron chi connectivity index (χ1n) is 5.39. The van der Waals surface area contributed by atoms with Gasteiger partial charge in [-0.2, -0.15) is 4.37 Å². The largest absolute Gasteiger partial charge is 0.396 e. The van der Waals surface area contributed by atoms with Crippen molar-refractivity contribution in [1.29, 1.82) is 0 Å². The molecule has 0 saturated heterocycles. The van der Waals surface area contributed by atoms with Gasteiger partial charge in [0.05, 0.1) is 5.69 Å². The number of nitrogens with zero attached hydrogens (tertiary/aromatic N) is 2. The maximum absolute atomic E-state index is 12.9. The fourth-order valence-corrected chi connectivity index (χ4v) is 2.75. The lowest BCUT2D eigenvalue weighted by Gasteiger charge is -2.05. The zero-order valence-electron chi connectivity index (χ0n) is 9.80. The van der Waals surface area contributed by atoms with E-state index in [1.54, 1.807) is 0 Å². The molecule has 0 aliphatic carbocycles. The number of amides is 1. The van der Waals surface area contributed by atoms with E-state index >= 15 is 0 Å². The average molecular weight is 298 g/mol. The highest BCUT2D eigenvalue weighted by Gasteiger charge is 2.06. The second-order valence-electron chi connectivity index (χ2n) is 3.59. The summed E-state index contributed by atoms with van der Waals surface area (Å²) in [6.07, 6.45) is 1.82. The first-order valence-corrected chi connectivity index (χ1v) is 7.15. The Morgan fingerprint density at radius 2 is 2.37 bits per heavy atom. The Morgan fingerprint density at radius 1 is 1.53 bits per heavy atom. The van der Waals surface area contributed by atoms with Crippen LogP contribution in [0.2, 0.25) is 0 Å². The van der Waals surface area contributed by atoms with Crippen LogP contribution in [0.1, 0.15) is 6.42 Å². The van der Waals surface area contributed by atoms with Gasteiger partial charge in [0.15, 0.2) is 4.34 Å². The molecule has 5 nitrogen and oxygen atoms in total. The van der Waals surface area contributed by atoms with E-state index in [1.807, 2.05) is 0 Å². The molecule has 2 rings (SSSR count). The van der Waals surface area contributed by atoms with Gasteiger partial charge in [-0.05, 0) is 29.7 Å². The summed E-state index contributed by atoms with van der Waals surface area (Å²) in [5.41, 5.74) is 5.92. The first-order chi connectivity index (χ1) is 9.15. The fourth-order valence-electron chi connectivity index (χ4n) is 1.30. The van der Waals surface area contributed by atoms with Gasteiger partial charge in [-0.1, -0.05) is 11.8 Å². The fraction of sp³-hybridized carbons (Fsp3) is 0.182. The van der Waals surface area contributed by atoms with Crippen LogP contribution in [0.4, 0.5) is 15.8 Å².